The minimum atomic E-state index is 0.0820. The largest absolute Gasteiger partial charge is 0.323 e. The molecule has 0 saturated carbocycles. The van der Waals surface area contributed by atoms with E-state index in [0.717, 1.165) is 38.0 Å². The number of carbonyl (C=O) groups is 1. The zero-order valence-electron chi connectivity index (χ0n) is 11.9. The van der Waals surface area contributed by atoms with E-state index in [2.05, 4.69) is 29.6 Å². The summed E-state index contributed by atoms with van der Waals surface area (Å²) in [7, 11) is 0. The highest BCUT2D eigenvalue weighted by Gasteiger charge is 2.16. The highest BCUT2D eigenvalue weighted by atomic mass is 16.1. The second-order valence-corrected chi connectivity index (χ2v) is 5.67. The molecule has 0 atom stereocenters. The van der Waals surface area contributed by atoms with E-state index in [1.54, 1.807) is 6.20 Å². The molecule has 1 amide bonds. The zero-order chi connectivity index (χ0) is 13.7. The number of rotatable bonds is 5. The average molecular weight is 264 g/mol. The standard InChI is InChI=1S/C14H24N4O/c1-11(2)3-4-14(19)17-12-9-16-18(10-12)13-5-7-15-8-6-13/h9-11,13,15H,3-8H2,1-2H3,(H,17,19). The van der Waals surface area contributed by atoms with Gasteiger partial charge in [-0.05, 0) is 38.3 Å². The molecule has 0 aliphatic carbocycles. The quantitative estimate of drug-likeness (QED) is 0.857. The van der Waals surface area contributed by atoms with E-state index in [4.69, 9.17) is 0 Å². The van der Waals surface area contributed by atoms with Crippen LogP contribution in [0.4, 0.5) is 5.69 Å². The van der Waals surface area contributed by atoms with E-state index < -0.39 is 0 Å². The van der Waals surface area contributed by atoms with Gasteiger partial charge in [0.25, 0.3) is 0 Å². The van der Waals surface area contributed by atoms with Gasteiger partial charge in [0.15, 0.2) is 0 Å². The summed E-state index contributed by atoms with van der Waals surface area (Å²) in [4.78, 5) is 11.7. The van der Waals surface area contributed by atoms with Crippen LogP contribution in [0.15, 0.2) is 12.4 Å². The summed E-state index contributed by atoms with van der Waals surface area (Å²) in [5.41, 5.74) is 0.812. The molecule has 19 heavy (non-hydrogen) atoms. The smallest absolute Gasteiger partial charge is 0.224 e. The molecule has 0 bridgehead atoms. The van der Waals surface area contributed by atoms with E-state index in [9.17, 15) is 4.79 Å². The third-order valence-electron chi connectivity index (χ3n) is 3.52. The van der Waals surface area contributed by atoms with Crippen molar-refractivity contribution in [3.05, 3.63) is 12.4 Å². The normalized spacial score (nSPS) is 16.8. The highest BCUT2D eigenvalue weighted by molar-refractivity contribution is 5.90. The number of carbonyl (C=O) groups excluding carboxylic acids is 1. The maximum atomic E-state index is 11.7. The molecule has 0 radical (unpaired) electrons. The minimum absolute atomic E-state index is 0.0820. The van der Waals surface area contributed by atoms with Gasteiger partial charge in [0, 0.05) is 12.6 Å². The number of aromatic nitrogens is 2. The second kappa shape index (κ2) is 6.70. The fraction of sp³-hybridized carbons (Fsp3) is 0.714. The summed E-state index contributed by atoms with van der Waals surface area (Å²) in [5, 5.41) is 10.6. The van der Waals surface area contributed by atoms with E-state index in [0.29, 0.717) is 18.4 Å². The molecule has 1 aliphatic heterocycles. The van der Waals surface area contributed by atoms with Crippen LogP contribution >= 0.6 is 0 Å². The van der Waals surface area contributed by atoms with Crippen LogP contribution in [0.25, 0.3) is 0 Å². The Morgan fingerprint density at radius 3 is 2.95 bits per heavy atom. The molecule has 5 nitrogen and oxygen atoms in total. The van der Waals surface area contributed by atoms with Crippen LogP contribution in [0.3, 0.4) is 0 Å². The molecule has 0 unspecified atom stereocenters. The van der Waals surface area contributed by atoms with Crippen LogP contribution < -0.4 is 10.6 Å². The van der Waals surface area contributed by atoms with Crippen LogP contribution in [-0.4, -0.2) is 28.8 Å². The predicted octanol–water partition coefficient (Wildman–Crippen LogP) is 2.18. The molecule has 1 fully saturated rings. The number of nitrogens with one attached hydrogen (secondary N) is 2. The number of piperidine rings is 1. The van der Waals surface area contributed by atoms with Gasteiger partial charge in [-0.3, -0.25) is 9.48 Å². The molecular formula is C14H24N4O. The van der Waals surface area contributed by atoms with Crippen molar-refractivity contribution in [3.63, 3.8) is 0 Å². The summed E-state index contributed by atoms with van der Waals surface area (Å²) in [6, 6.07) is 0.461. The molecular weight excluding hydrogens is 240 g/mol. The third kappa shape index (κ3) is 4.35. The first-order chi connectivity index (χ1) is 9.15. The molecule has 1 saturated heterocycles. The lowest BCUT2D eigenvalue weighted by atomic mass is 10.1. The number of hydrogen-bond donors (Lipinski definition) is 2. The van der Waals surface area contributed by atoms with Crippen LogP contribution in [-0.2, 0) is 4.79 Å². The van der Waals surface area contributed by atoms with E-state index in [-0.39, 0.29) is 5.91 Å². The fourth-order valence-corrected chi connectivity index (χ4v) is 2.32. The molecule has 2 N–H and O–H groups in total. The van der Waals surface area contributed by atoms with Crippen molar-refractivity contribution >= 4 is 11.6 Å². The van der Waals surface area contributed by atoms with Crippen molar-refractivity contribution in [1.82, 2.24) is 15.1 Å². The third-order valence-corrected chi connectivity index (χ3v) is 3.52. The zero-order valence-corrected chi connectivity index (χ0v) is 11.9. The Balaban J connectivity index is 1.84. The number of nitrogens with zero attached hydrogens (tertiary/aromatic N) is 2. The van der Waals surface area contributed by atoms with Gasteiger partial charge in [-0.1, -0.05) is 13.8 Å². The lowest BCUT2D eigenvalue weighted by Gasteiger charge is -2.22. The SMILES string of the molecule is CC(C)CCC(=O)Nc1cnn(C2CCNCC2)c1. The Hall–Kier alpha value is -1.36. The maximum Gasteiger partial charge on any atom is 0.224 e. The van der Waals surface area contributed by atoms with Gasteiger partial charge >= 0.3 is 0 Å². The fourth-order valence-electron chi connectivity index (χ4n) is 2.32. The van der Waals surface area contributed by atoms with E-state index in [1.165, 1.54) is 0 Å². The Kier molecular flexibility index (Phi) is 4.96. The van der Waals surface area contributed by atoms with Crippen molar-refractivity contribution < 1.29 is 4.79 Å². The molecule has 0 spiro atoms. The molecule has 2 rings (SSSR count). The maximum absolute atomic E-state index is 11.7. The van der Waals surface area contributed by atoms with Crippen molar-refractivity contribution in [1.29, 1.82) is 0 Å². The van der Waals surface area contributed by atoms with Gasteiger partial charge in [-0.15, -0.1) is 0 Å². The number of anilines is 1. The van der Waals surface area contributed by atoms with Crippen molar-refractivity contribution in [2.24, 2.45) is 5.92 Å². The van der Waals surface area contributed by atoms with Crippen LogP contribution in [0.2, 0.25) is 0 Å². The van der Waals surface area contributed by atoms with Gasteiger partial charge in [0.1, 0.15) is 0 Å². The summed E-state index contributed by atoms with van der Waals surface area (Å²) in [6.07, 6.45) is 7.40. The number of amides is 1. The topological polar surface area (TPSA) is 59.0 Å². The molecule has 0 aromatic carbocycles. The first kappa shape index (κ1) is 14.1. The second-order valence-electron chi connectivity index (χ2n) is 5.67. The molecule has 1 aromatic heterocycles. The first-order valence-corrected chi connectivity index (χ1v) is 7.20. The van der Waals surface area contributed by atoms with Gasteiger partial charge < -0.3 is 10.6 Å². The lowest BCUT2D eigenvalue weighted by Crippen LogP contribution is -2.29. The molecule has 2 heterocycles. The summed E-state index contributed by atoms with van der Waals surface area (Å²) in [5.74, 6) is 0.641. The monoisotopic (exact) mass is 264 g/mol. The van der Waals surface area contributed by atoms with E-state index >= 15 is 0 Å². The van der Waals surface area contributed by atoms with Crippen molar-refractivity contribution in [3.8, 4) is 0 Å². The molecule has 1 aliphatic rings. The molecule has 5 heteroatoms. The summed E-state index contributed by atoms with van der Waals surface area (Å²) >= 11 is 0. The highest BCUT2D eigenvalue weighted by Crippen LogP contribution is 2.19. The Bertz CT molecular complexity index is 407. The molecule has 106 valence electrons. The number of hydrogen-bond acceptors (Lipinski definition) is 3. The van der Waals surface area contributed by atoms with Gasteiger partial charge in [0.05, 0.1) is 17.9 Å². The van der Waals surface area contributed by atoms with Crippen molar-refractivity contribution in [2.45, 2.75) is 45.6 Å². The van der Waals surface area contributed by atoms with Gasteiger partial charge in [-0.25, -0.2) is 0 Å². The Morgan fingerprint density at radius 1 is 1.53 bits per heavy atom. The predicted molar refractivity (Wildman–Crippen MR) is 76.1 cm³/mol. The Labute approximate surface area is 114 Å². The minimum Gasteiger partial charge on any atom is -0.323 e. The first-order valence-electron chi connectivity index (χ1n) is 7.20. The van der Waals surface area contributed by atoms with Crippen LogP contribution in [0, 0.1) is 5.92 Å². The van der Waals surface area contributed by atoms with Crippen molar-refractivity contribution in [2.75, 3.05) is 18.4 Å². The van der Waals surface area contributed by atoms with Crippen LogP contribution in [0.1, 0.15) is 45.6 Å². The average Bonchev–Trinajstić information content (AvgIpc) is 2.86. The van der Waals surface area contributed by atoms with Crippen LogP contribution in [0.5, 0.6) is 0 Å². The van der Waals surface area contributed by atoms with Gasteiger partial charge in [0.2, 0.25) is 5.91 Å². The molecule has 1 aromatic rings. The Morgan fingerprint density at radius 2 is 2.26 bits per heavy atom. The summed E-state index contributed by atoms with van der Waals surface area (Å²) < 4.78 is 1.99. The lowest BCUT2D eigenvalue weighted by molar-refractivity contribution is -0.116. The summed E-state index contributed by atoms with van der Waals surface area (Å²) in [6.45, 7) is 6.34. The van der Waals surface area contributed by atoms with Gasteiger partial charge in [-0.2, -0.15) is 5.10 Å². The van der Waals surface area contributed by atoms with E-state index in [1.807, 2.05) is 10.9 Å².